The van der Waals surface area contributed by atoms with Crippen LogP contribution in [0.2, 0.25) is 0 Å². The van der Waals surface area contributed by atoms with Crippen LogP contribution in [0.25, 0.3) is 0 Å². The van der Waals surface area contributed by atoms with Crippen LogP contribution in [0.15, 0.2) is 24.4 Å². The first-order chi connectivity index (χ1) is 11.4. The van der Waals surface area contributed by atoms with Crippen molar-refractivity contribution in [2.75, 3.05) is 49.1 Å². The number of piperazine rings is 1. The van der Waals surface area contributed by atoms with Gasteiger partial charge in [0.05, 0.1) is 23.6 Å². The molecule has 2 fully saturated rings. The highest BCUT2D eigenvalue weighted by Gasteiger charge is 2.39. The maximum Gasteiger partial charge on any atom is 0.234 e. The summed E-state index contributed by atoms with van der Waals surface area (Å²) in [5.74, 6) is 1.07. The Bertz CT molecular complexity index is 687. The van der Waals surface area contributed by atoms with Gasteiger partial charge in [0.2, 0.25) is 5.91 Å². The minimum atomic E-state index is -3.01. The highest BCUT2D eigenvalue weighted by Crippen LogP contribution is 2.22. The topological polar surface area (TPSA) is 82.6 Å². The van der Waals surface area contributed by atoms with E-state index in [4.69, 9.17) is 0 Å². The number of hydrogen-bond donors (Lipinski definition) is 1. The molecule has 0 saturated carbocycles. The molecule has 1 aromatic rings. The number of nitrogens with one attached hydrogen (secondary N) is 1. The summed E-state index contributed by atoms with van der Waals surface area (Å²) in [6.07, 6.45) is 2.28. The molecule has 7 nitrogen and oxygen atoms in total. The molecule has 3 rings (SSSR count). The summed E-state index contributed by atoms with van der Waals surface area (Å²) in [5.41, 5.74) is -0.619. The third-order valence-electron chi connectivity index (χ3n) is 4.66. The minimum absolute atomic E-state index is 0.0409. The number of nitrogens with zero attached hydrogens (tertiary/aromatic N) is 3. The SMILES string of the molecule is C[C@@]1(NC(=O)CN2CCN(c3ccccn3)CC2)CCS(=O)(=O)C1. The van der Waals surface area contributed by atoms with Gasteiger partial charge in [-0.15, -0.1) is 0 Å². The lowest BCUT2D eigenvalue weighted by molar-refractivity contribution is -0.123. The maximum absolute atomic E-state index is 12.3. The van der Waals surface area contributed by atoms with Crippen LogP contribution < -0.4 is 10.2 Å². The molecule has 0 spiro atoms. The number of anilines is 1. The fraction of sp³-hybridized carbons (Fsp3) is 0.625. The second kappa shape index (κ2) is 6.68. The Kier molecular flexibility index (Phi) is 4.78. The number of amides is 1. The smallest absolute Gasteiger partial charge is 0.234 e. The number of aromatic nitrogens is 1. The van der Waals surface area contributed by atoms with Gasteiger partial charge in [-0.2, -0.15) is 0 Å². The number of rotatable bonds is 4. The maximum atomic E-state index is 12.3. The first-order valence-electron chi connectivity index (χ1n) is 8.25. The Labute approximate surface area is 143 Å². The molecule has 3 heterocycles. The molecule has 0 radical (unpaired) electrons. The van der Waals surface area contributed by atoms with Crippen LogP contribution in [0.1, 0.15) is 13.3 Å². The quantitative estimate of drug-likeness (QED) is 0.815. The van der Waals surface area contributed by atoms with Gasteiger partial charge in [-0.25, -0.2) is 13.4 Å². The summed E-state index contributed by atoms with van der Waals surface area (Å²) in [5, 5.41) is 2.92. The monoisotopic (exact) mass is 352 g/mol. The lowest BCUT2D eigenvalue weighted by atomic mass is 10.0. The van der Waals surface area contributed by atoms with Crippen molar-refractivity contribution in [2.24, 2.45) is 0 Å². The van der Waals surface area contributed by atoms with Crippen molar-refractivity contribution in [3.63, 3.8) is 0 Å². The summed E-state index contributed by atoms with van der Waals surface area (Å²) in [6, 6.07) is 5.86. The Morgan fingerprint density at radius 3 is 2.62 bits per heavy atom. The third kappa shape index (κ3) is 4.24. The number of pyridine rings is 1. The Hall–Kier alpha value is -1.67. The van der Waals surface area contributed by atoms with Gasteiger partial charge in [0, 0.05) is 32.4 Å². The van der Waals surface area contributed by atoms with Gasteiger partial charge in [0.25, 0.3) is 0 Å². The van der Waals surface area contributed by atoms with E-state index >= 15 is 0 Å². The van der Waals surface area contributed by atoms with E-state index in [9.17, 15) is 13.2 Å². The largest absolute Gasteiger partial charge is 0.354 e. The predicted octanol–water partition coefficient (Wildman–Crippen LogP) is -0.103. The summed E-state index contributed by atoms with van der Waals surface area (Å²) in [4.78, 5) is 20.9. The zero-order chi connectivity index (χ0) is 17.2. The molecule has 24 heavy (non-hydrogen) atoms. The van der Waals surface area contributed by atoms with E-state index in [0.717, 1.165) is 32.0 Å². The highest BCUT2D eigenvalue weighted by atomic mass is 32.2. The summed E-state index contributed by atoms with van der Waals surface area (Å²) in [7, 11) is -3.01. The normalized spacial score (nSPS) is 27.1. The van der Waals surface area contributed by atoms with Gasteiger partial charge in [-0.1, -0.05) is 6.07 Å². The van der Waals surface area contributed by atoms with Crippen molar-refractivity contribution in [1.29, 1.82) is 0 Å². The third-order valence-corrected chi connectivity index (χ3v) is 6.56. The van der Waals surface area contributed by atoms with E-state index in [-0.39, 0.29) is 17.4 Å². The lowest BCUT2D eigenvalue weighted by Gasteiger charge is -2.35. The van der Waals surface area contributed by atoms with Gasteiger partial charge in [0.1, 0.15) is 5.82 Å². The van der Waals surface area contributed by atoms with Crippen LogP contribution >= 0.6 is 0 Å². The van der Waals surface area contributed by atoms with Gasteiger partial charge in [0.15, 0.2) is 9.84 Å². The van der Waals surface area contributed by atoms with E-state index in [0.29, 0.717) is 13.0 Å². The number of sulfone groups is 1. The lowest BCUT2D eigenvalue weighted by Crippen LogP contribution is -2.53. The fourth-order valence-corrected chi connectivity index (χ4v) is 5.46. The first-order valence-corrected chi connectivity index (χ1v) is 10.1. The zero-order valence-electron chi connectivity index (χ0n) is 13.9. The molecule has 1 amide bonds. The van der Waals surface area contributed by atoms with Gasteiger partial charge in [-0.05, 0) is 25.5 Å². The van der Waals surface area contributed by atoms with Crippen LogP contribution in [0.4, 0.5) is 5.82 Å². The molecule has 132 valence electrons. The van der Waals surface area contributed by atoms with E-state index in [2.05, 4.69) is 20.1 Å². The van der Waals surface area contributed by atoms with Gasteiger partial charge >= 0.3 is 0 Å². The highest BCUT2D eigenvalue weighted by molar-refractivity contribution is 7.91. The molecular weight excluding hydrogens is 328 g/mol. The molecule has 0 bridgehead atoms. The second-order valence-electron chi connectivity index (χ2n) is 6.90. The summed E-state index contributed by atoms with van der Waals surface area (Å²) in [6.45, 7) is 5.37. The van der Waals surface area contributed by atoms with Crippen molar-refractivity contribution in [1.82, 2.24) is 15.2 Å². The van der Waals surface area contributed by atoms with Crippen molar-refractivity contribution in [3.8, 4) is 0 Å². The molecule has 1 atom stereocenters. The average molecular weight is 352 g/mol. The van der Waals surface area contributed by atoms with E-state index in [1.54, 1.807) is 6.20 Å². The molecule has 2 aliphatic heterocycles. The van der Waals surface area contributed by atoms with Crippen molar-refractivity contribution in [2.45, 2.75) is 18.9 Å². The van der Waals surface area contributed by atoms with Gasteiger partial charge < -0.3 is 10.2 Å². The molecular formula is C16H24N4O3S. The molecule has 0 aliphatic carbocycles. The standard InChI is InChI=1S/C16H24N4O3S/c1-16(5-11-24(22,23)13-16)18-15(21)12-19-7-9-20(10-8-19)14-4-2-3-6-17-14/h2-4,6H,5,7-13H2,1H3,(H,18,21)/t16-/m1/s1. The van der Waals surface area contributed by atoms with E-state index in [1.807, 2.05) is 25.1 Å². The van der Waals surface area contributed by atoms with E-state index < -0.39 is 15.4 Å². The van der Waals surface area contributed by atoms with Crippen LogP contribution in [-0.2, 0) is 14.6 Å². The second-order valence-corrected chi connectivity index (χ2v) is 9.09. The molecule has 0 aromatic carbocycles. The molecule has 0 unspecified atom stereocenters. The predicted molar refractivity (Wildman–Crippen MR) is 92.7 cm³/mol. The number of hydrogen-bond acceptors (Lipinski definition) is 6. The van der Waals surface area contributed by atoms with E-state index in [1.165, 1.54) is 0 Å². The average Bonchev–Trinajstić information content (AvgIpc) is 2.82. The van der Waals surface area contributed by atoms with Crippen LogP contribution in [-0.4, -0.2) is 74.0 Å². The molecule has 2 aliphatic rings. The van der Waals surface area contributed by atoms with Crippen molar-refractivity contribution >= 4 is 21.6 Å². The van der Waals surface area contributed by atoms with Crippen LogP contribution in [0, 0.1) is 0 Å². The van der Waals surface area contributed by atoms with Gasteiger partial charge in [-0.3, -0.25) is 9.69 Å². The first kappa shape index (κ1) is 17.2. The minimum Gasteiger partial charge on any atom is -0.354 e. The van der Waals surface area contributed by atoms with Crippen LogP contribution in [0.3, 0.4) is 0 Å². The fourth-order valence-electron chi connectivity index (χ4n) is 3.36. The Balaban J connectivity index is 1.47. The summed E-state index contributed by atoms with van der Waals surface area (Å²) < 4.78 is 23.2. The Morgan fingerprint density at radius 2 is 2.04 bits per heavy atom. The summed E-state index contributed by atoms with van der Waals surface area (Å²) >= 11 is 0. The number of carbonyl (C=O) groups excluding carboxylic acids is 1. The molecule has 1 N–H and O–H groups in total. The van der Waals surface area contributed by atoms with Crippen molar-refractivity contribution < 1.29 is 13.2 Å². The molecule has 1 aromatic heterocycles. The van der Waals surface area contributed by atoms with Crippen molar-refractivity contribution in [3.05, 3.63) is 24.4 Å². The zero-order valence-corrected chi connectivity index (χ0v) is 14.8. The molecule has 8 heteroatoms. The van der Waals surface area contributed by atoms with Crippen LogP contribution in [0.5, 0.6) is 0 Å². The Morgan fingerprint density at radius 1 is 1.29 bits per heavy atom. The number of carbonyl (C=O) groups is 1. The molecule has 2 saturated heterocycles.